The Hall–Kier alpha value is -1.39. The van der Waals surface area contributed by atoms with Crippen LogP contribution in [0.5, 0.6) is 0 Å². The quantitative estimate of drug-likeness (QED) is 0.351. The lowest BCUT2D eigenvalue weighted by Crippen LogP contribution is -2.44. The SMILES string of the molecule is C.CC(C)(CCCCC(=O)CCCCC(C)(C)C1CC(=O)O1)C1CC(=O)O1. The van der Waals surface area contributed by atoms with E-state index in [9.17, 15) is 14.4 Å². The summed E-state index contributed by atoms with van der Waals surface area (Å²) in [4.78, 5) is 33.9. The van der Waals surface area contributed by atoms with Crippen LogP contribution in [0, 0.1) is 10.8 Å². The van der Waals surface area contributed by atoms with Gasteiger partial charge in [-0.2, -0.15) is 0 Å². The first-order chi connectivity index (χ1) is 12.1. The first-order valence-corrected chi connectivity index (χ1v) is 10.0. The molecule has 156 valence electrons. The molecule has 5 nitrogen and oxygen atoms in total. The molecule has 0 aromatic heterocycles. The van der Waals surface area contributed by atoms with Gasteiger partial charge >= 0.3 is 11.9 Å². The Morgan fingerprint density at radius 1 is 0.815 bits per heavy atom. The smallest absolute Gasteiger partial charge is 0.309 e. The molecule has 0 spiro atoms. The van der Waals surface area contributed by atoms with Crippen LogP contribution in [0.15, 0.2) is 0 Å². The summed E-state index contributed by atoms with van der Waals surface area (Å²) in [5.41, 5.74) is 0.0149. The minimum atomic E-state index is -0.100. The number of cyclic esters (lactones) is 2. The molecule has 2 aliphatic rings. The van der Waals surface area contributed by atoms with Gasteiger partial charge in [-0.05, 0) is 25.7 Å². The van der Waals surface area contributed by atoms with Crippen LogP contribution < -0.4 is 0 Å². The fourth-order valence-corrected chi connectivity index (χ4v) is 3.73. The first kappa shape index (κ1) is 23.6. The number of hydrogen-bond acceptors (Lipinski definition) is 5. The van der Waals surface area contributed by atoms with E-state index in [1.807, 2.05) is 0 Å². The zero-order valence-corrected chi connectivity index (χ0v) is 16.8. The van der Waals surface area contributed by atoms with Crippen LogP contribution in [0.2, 0.25) is 0 Å². The maximum atomic E-state index is 12.0. The summed E-state index contributed by atoms with van der Waals surface area (Å²) in [5, 5.41) is 0. The Labute approximate surface area is 164 Å². The van der Waals surface area contributed by atoms with Crippen molar-refractivity contribution in [2.45, 2.75) is 112 Å². The van der Waals surface area contributed by atoms with E-state index < -0.39 is 0 Å². The number of carbonyl (C=O) groups excluding carboxylic acids is 3. The van der Waals surface area contributed by atoms with E-state index >= 15 is 0 Å². The molecule has 2 atom stereocenters. The van der Waals surface area contributed by atoms with Gasteiger partial charge in [0.25, 0.3) is 0 Å². The minimum Gasteiger partial charge on any atom is -0.461 e. The largest absolute Gasteiger partial charge is 0.461 e. The fraction of sp³-hybridized carbons (Fsp3) is 0.864. The van der Waals surface area contributed by atoms with Crippen molar-refractivity contribution >= 4 is 17.7 Å². The van der Waals surface area contributed by atoms with Crippen molar-refractivity contribution in [2.75, 3.05) is 0 Å². The molecule has 0 N–H and O–H groups in total. The third-order valence-electron chi connectivity index (χ3n) is 6.05. The van der Waals surface area contributed by atoms with Crippen LogP contribution >= 0.6 is 0 Å². The summed E-state index contributed by atoms with van der Waals surface area (Å²) in [6, 6.07) is 0. The van der Waals surface area contributed by atoms with E-state index in [0.29, 0.717) is 31.5 Å². The number of rotatable bonds is 12. The number of hydrogen-bond donors (Lipinski definition) is 0. The zero-order valence-electron chi connectivity index (χ0n) is 16.8. The zero-order chi connectivity index (χ0) is 19.4. The van der Waals surface area contributed by atoms with E-state index in [1.54, 1.807) is 0 Å². The number of carbonyl (C=O) groups is 3. The average Bonchev–Trinajstić information content (AvgIpc) is 2.49. The van der Waals surface area contributed by atoms with Crippen LogP contribution in [-0.4, -0.2) is 29.9 Å². The Morgan fingerprint density at radius 3 is 1.44 bits per heavy atom. The normalized spacial score (nSPS) is 22.1. The number of ether oxygens (including phenoxy) is 2. The lowest BCUT2D eigenvalue weighted by molar-refractivity contribution is -0.182. The summed E-state index contributed by atoms with van der Waals surface area (Å²) >= 11 is 0. The van der Waals surface area contributed by atoms with Gasteiger partial charge in [-0.15, -0.1) is 0 Å². The molecule has 2 aliphatic heterocycles. The third kappa shape index (κ3) is 6.93. The second-order valence-corrected chi connectivity index (χ2v) is 9.30. The highest BCUT2D eigenvalue weighted by Crippen LogP contribution is 2.37. The number of Topliss-reactive ketones (excluding diaryl/α,β-unsaturated/α-hetero) is 1. The maximum absolute atomic E-state index is 12.0. The van der Waals surface area contributed by atoms with Gasteiger partial charge in [-0.3, -0.25) is 14.4 Å². The Kier molecular flexibility index (Phi) is 8.49. The molecule has 2 heterocycles. The maximum Gasteiger partial charge on any atom is 0.309 e. The fourth-order valence-electron chi connectivity index (χ4n) is 3.73. The van der Waals surface area contributed by atoms with Crippen molar-refractivity contribution in [1.82, 2.24) is 0 Å². The van der Waals surface area contributed by atoms with E-state index in [2.05, 4.69) is 27.7 Å². The summed E-state index contributed by atoms with van der Waals surface area (Å²) in [6.45, 7) is 8.53. The molecule has 0 aliphatic carbocycles. The molecule has 0 saturated carbocycles. The second-order valence-electron chi connectivity index (χ2n) is 9.30. The predicted octanol–water partition coefficient (Wildman–Crippen LogP) is 5.00. The van der Waals surface area contributed by atoms with E-state index in [4.69, 9.17) is 9.47 Å². The summed E-state index contributed by atoms with van der Waals surface area (Å²) in [7, 11) is 0. The highest BCUT2D eigenvalue weighted by atomic mass is 16.6. The van der Waals surface area contributed by atoms with Gasteiger partial charge in [0.15, 0.2) is 0 Å². The van der Waals surface area contributed by atoms with Crippen molar-refractivity contribution in [2.24, 2.45) is 10.8 Å². The van der Waals surface area contributed by atoms with Crippen molar-refractivity contribution in [1.29, 1.82) is 0 Å². The molecular formula is C22H38O5. The summed E-state index contributed by atoms with van der Waals surface area (Å²) in [5.74, 6) is 0.138. The monoisotopic (exact) mass is 382 g/mol. The molecule has 0 radical (unpaired) electrons. The van der Waals surface area contributed by atoms with Crippen LogP contribution in [0.3, 0.4) is 0 Å². The van der Waals surface area contributed by atoms with Crippen LogP contribution in [-0.2, 0) is 23.9 Å². The summed E-state index contributed by atoms with van der Waals surface area (Å²) in [6.07, 6.45) is 8.20. The number of unbranched alkanes of at least 4 members (excludes halogenated alkanes) is 2. The third-order valence-corrected chi connectivity index (χ3v) is 6.05. The predicted molar refractivity (Wildman–Crippen MR) is 105 cm³/mol. The standard InChI is InChI=1S/C21H34O5.CH4/c1-20(2,16-13-18(23)25-16)11-7-5-9-15(22)10-6-8-12-21(3,4)17-14-19(24)26-17;/h16-17H,5-14H2,1-4H3;1H4. The van der Waals surface area contributed by atoms with Crippen molar-refractivity contribution in [3.63, 3.8) is 0 Å². The highest BCUT2D eigenvalue weighted by molar-refractivity contribution is 5.78. The lowest BCUT2D eigenvalue weighted by Gasteiger charge is -2.39. The molecule has 2 saturated heterocycles. The Morgan fingerprint density at radius 2 is 1.15 bits per heavy atom. The molecule has 2 fully saturated rings. The molecule has 2 rings (SSSR count). The molecule has 0 aromatic rings. The molecular weight excluding hydrogens is 344 g/mol. The van der Waals surface area contributed by atoms with Gasteiger partial charge in [0.05, 0.1) is 12.8 Å². The van der Waals surface area contributed by atoms with E-state index in [-0.39, 0.29) is 42.4 Å². The molecule has 27 heavy (non-hydrogen) atoms. The second kappa shape index (κ2) is 9.70. The van der Waals surface area contributed by atoms with Gasteiger partial charge < -0.3 is 9.47 Å². The summed E-state index contributed by atoms with van der Waals surface area (Å²) < 4.78 is 10.4. The average molecular weight is 383 g/mol. The van der Waals surface area contributed by atoms with Gasteiger partial charge in [-0.25, -0.2) is 0 Å². The molecule has 2 unspecified atom stereocenters. The van der Waals surface area contributed by atoms with E-state index in [1.165, 1.54) is 0 Å². The van der Waals surface area contributed by atoms with Crippen LogP contribution in [0.25, 0.3) is 0 Å². The molecule has 0 amide bonds. The molecule has 0 aromatic carbocycles. The Bertz CT molecular complexity index is 473. The van der Waals surface area contributed by atoms with Crippen molar-refractivity contribution in [3.8, 4) is 0 Å². The minimum absolute atomic E-state index is 0. The Balaban J connectivity index is 0.00000364. The van der Waals surface area contributed by atoms with Crippen LogP contribution in [0.4, 0.5) is 0 Å². The van der Waals surface area contributed by atoms with Crippen molar-refractivity contribution in [3.05, 3.63) is 0 Å². The van der Waals surface area contributed by atoms with Gasteiger partial charge in [0.2, 0.25) is 0 Å². The first-order valence-electron chi connectivity index (χ1n) is 10.0. The number of ketones is 1. The lowest BCUT2D eigenvalue weighted by atomic mass is 9.77. The highest BCUT2D eigenvalue weighted by Gasteiger charge is 2.41. The topological polar surface area (TPSA) is 69.7 Å². The van der Waals surface area contributed by atoms with E-state index in [0.717, 1.165) is 38.5 Å². The van der Waals surface area contributed by atoms with Crippen LogP contribution in [0.1, 0.15) is 99.3 Å². The molecule has 0 bridgehead atoms. The number of esters is 2. The van der Waals surface area contributed by atoms with Crippen molar-refractivity contribution < 1.29 is 23.9 Å². The van der Waals surface area contributed by atoms with Gasteiger partial charge in [0, 0.05) is 23.7 Å². The van der Waals surface area contributed by atoms with Gasteiger partial charge in [0.1, 0.15) is 18.0 Å². The molecule has 5 heteroatoms. The van der Waals surface area contributed by atoms with Gasteiger partial charge in [-0.1, -0.05) is 48.0 Å².